The van der Waals surface area contributed by atoms with Gasteiger partial charge >= 0.3 is 5.69 Å². The van der Waals surface area contributed by atoms with E-state index >= 15 is 0 Å². The highest BCUT2D eigenvalue weighted by molar-refractivity contribution is 8.77. The van der Waals surface area contributed by atoms with Gasteiger partial charge < -0.3 is 28.8 Å². The van der Waals surface area contributed by atoms with E-state index in [1.54, 1.807) is 35.8 Å². The molecule has 4 aromatic rings. The molecule has 0 radical (unpaired) electrons. The Morgan fingerprint density at radius 3 is 1.98 bits per heavy atom. The van der Waals surface area contributed by atoms with Crippen LogP contribution < -0.4 is 20.7 Å². The molecule has 48 heavy (non-hydrogen) atoms. The highest BCUT2D eigenvalue weighted by Gasteiger charge is 2.48. The number of ether oxygens (including phenoxy) is 5. The number of rotatable bonds is 14. The average Bonchev–Trinajstić information content (AvgIpc) is 3.39. The Morgan fingerprint density at radius 1 is 0.854 bits per heavy atom. The first-order valence-electron chi connectivity index (χ1n) is 15.6. The van der Waals surface area contributed by atoms with Gasteiger partial charge in [-0.2, -0.15) is 0 Å². The van der Waals surface area contributed by atoms with Gasteiger partial charge in [-0.3, -0.25) is 14.3 Å². The van der Waals surface area contributed by atoms with Gasteiger partial charge in [-0.1, -0.05) is 97.0 Å². The zero-order valence-corrected chi connectivity index (χ0v) is 29.3. The van der Waals surface area contributed by atoms with Crippen LogP contribution in [0, 0.1) is 0 Å². The molecule has 1 fully saturated rings. The highest BCUT2D eigenvalue weighted by Crippen LogP contribution is 2.43. The van der Waals surface area contributed by atoms with E-state index in [9.17, 15) is 14.7 Å². The third-order valence-electron chi connectivity index (χ3n) is 7.86. The Morgan fingerprint density at radius 2 is 1.44 bits per heavy atom. The summed E-state index contributed by atoms with van der Waals surface area (Å²) in [4.78, 5) is 27.0. The van der Waals surface area contributed by atoms with Crippen LogP contribution in [0.1, 0.15) is 43.7 Å². The number of hydrogen-bond acceptors (Lipinski definition) is 10. The molecule has 0 unspecified atom stereocenters. The van der Waals surface area contributed by atoms with Crippen molar-refractivity contribution in [2.45, 2.75) is 55.7 Å². The normalized spacial score (nSPS) is 19.7. The van der Waals surface area contributed by atoms with Gasteiger partial charge in [0.1, 0.15) is 35.4 Å². The molecule has 3 aromatic carbocycles. The molecule has 0 aliphatic carbocycles. The molecule has 5 rings (SSSR count). The second-order valence-corrected chi connectivity index (χ2v) is 15.5. The molecule has 2 N–H and O–H groups in total. The maximum atomic E-state index is 12.9. The predicted octanol–water partition coefficient (Wildman–Crippen LogP) is 5.39. The molecule has 1 saturated heterocycles. The smallest absolute Gasteiger partial charge is 0.330 e. The summed E-state index contributed by atoms with van der Waals surface area (Å²) in [7, 11) is 6.64. The highest BCUT2D eigenvalue weighted by atomic mass is 33.1. The third-order valence-corrected chi connectivity index (χ3v) is 11.2. The molecule has 0 saturated carbocycles. The monoisotopic (exact) mass is 694 g/mol. The van der Waals surface area contributed by atoms with Gasteiger partial charge in [0.05, 0.1) is 27.4 Å². The number of aromatic amines is 1. The molecule has 0 spiro atoms. The lowest BCUT2D eigenvalue weighted by atomic mass is 9.80. The molecule has 1 aliphatic rings. The standard InChI is InChI=1S/C36H42N2O8S2/c1-35(2,3)48-47-22-21-44-32-31(40)29(46-33(32)38-20-19-30(39)37-34(38)41)23-45-36(24-9-7-6-8-10-24,25-11-15-27(42-4)16-12-25)26-13-17-28(43-5)18-14-26/h6-20,29,31-33,40H,21-23H2,1-5H3,(H,37,39,41)/t29-,31-,32-,33-/m1/s1. The number of nitrogens with zero attached hydrogens (tertiary/aromatic N) is 1. The first-order chi connectivity index (χ1) is 23.1. The molecule has 1 aliphatic heterocycles. The lowest BCUT2D eigenvalue weighted by Crippen LogP contribution is -2.41. The van der Waals surface area contributed by atoms with Crippen molar-refractivity contribution in [1.82, 2.24) is 9.55 Å². The summed E-state index contributed by atoms with van der Waals surface area (Å²) in [6, 6.07) is 26.3. The maximum absolute atomic E-state index is 12.9. The molecule has 10 nitrogen and oxygen atoms in total. The van der Waals surface area contributed by atoms with E-state index in [0.717, 1.165) is 16.7 Å². The molecule has 12 heteroatoms. The van der Waals surface area contributed by atoms with E-state index in [1.807, 2.05) is 78.9 Å². The zero-order chi connectivity index (χ0) is 34.3. The van der Waals surface area contributed by atoms with Crippen molar-refractivity contribution < 1.29 is 28.8 Å². The summed E-state index contributed by atoms with van der Waals surface area (Å²) in [5.74, 6) is 2.04. The van der Waals surface area contributed by atoms with Gasteiger partial charge in [0.25, 0.3) is 5.56 Å². The van der Waals surface area contributed by atoms with E-state index in [-0.39, 0.29) is 11.4 Å². The number of hydrogen-bond donors (Lipinski definition) is 2. The molecule has 256 valence electrons. The third kappa shape index (κ3) is 8.19. The minimum atomic E-state index is -1.16. The number of H-pyrrole nitrogens is 1. The van der Waals surface area contributed by atoms with Crippen molar-refractivity contribution in [1.29, 1.82) is 0 Å². The largest absolute Gasteiger partial charge is 0.497 e. The minimum Gasteiger partial charge on any atom is -0.497 e. The van der Waals surface area contributed by atoms with Crippen LogP contribution in [-0.4, -0.2) is 70.9 Å². The first-order valence-corrected chi connectivity index (χ1v) is 17.9. The molecule has 2 heterocycles. The van der Waals surface area contributed by atoms with Crippen LogP contribution in [0.5, 0.6) is 11.5 Å². The lowest BCUT2D eigenvalue weighted by molar-refractivity contribution is -0.0977. The van der Waals surface area contributed by atoms with E-state index < -0.39 is 41.4 Å². The molecule has 4 atom stereocenters. The zero-order valence-electron chi connectivity index (χ0n) is 27.7. The fraction of sp³-hybridized carbons (Fsp3) is 0.389. The number of nitrogens with one attached hydrogen (secondary N) is 1. The predicted molar refractivity (Wildman–Crippen MR) is 189 cm³/mol. The summed E-state index contributed by atoms with van der Waals surface area (Å²) in [5.41, 5.74) is 0.148. The van der Waals surface area contributed by atoms with Crippen LogP contribution in [0.3, 0.4) is 0 Å². The number of aliphatic hydroxyl groups excluding tert-OH is 1. The van der Waals surface area contributed by atoms with Gasteiger partial charge in [0.15, 0.2) is 6.23 Å². The van der Waals surface area contributed by atoms with E-state index in [1.165, 1.54) is 16.8 Å². The number of aliphatic hydroxyl groups is 1. The fourth-order valence-electron chi connectivity index (χ4n) is 5.61. The van der Waals surface area contributed by atoms with Gasteiger partial charge in [0, 0.05) is 22.8 Å². The van der Waals surface area contributed by atoms with Gasteiger partial charge in [-0.15, -0.1) is 0 Å². The van der Waals surface area contributed by atoms with Gasteiger partial charge in [-0.05, 0) is 41.0 Å². The van der Waals surface area contributed by atoms with Crippen LogP contribution in [-0.2, 0) is 19.8 Å². The second kappa shape index (κ2) is 15.8. The summed E-state index contributed by atoms with van der Waals surface area (Å²) in [6.07, 6.45) is -2.61. The van der Waals surface area contributed by atoms with E-state index in [2.05, 4.69) is 25.8 Å². The Bertz CT molecular complexity index is 1680. The Hall–Kier alpha value is -3.52. The van der Waals surface area contributed by atoms with Crippen molar-refractivity contribution >= 4 is 21.6 Å². The van der Waals surface area contributed by atoms with E-state index in [0.29, 0.717) is 23.9 Å². The van der Waals surface area contributed by atoms with Crippen LogP contribution >= 0.6 is 21.6 Å². The van der Waals surface area contributed by atoms with Crippen molar-refractivity contribution in [2.75, 3.05) is 33.2 Å². The van der Waals surface area contributed by atoms with E-state index in [4.69, 9.17) is 23.7 Å². The van der Waals surface area contributed by atoms with Crippen LogP contribution in [0.4, 0.5) is 0 Å². The van der Waals surface area contributed by atoms with Crippen molar-refractivity contribution in [3.63, 3.8) is 0 Å². The molecular formula is C36H42N2O8S2. The summed E-state index contributed by atoms with van der Waals surface area (Å²) < 4.78 is 31.8. The summed E-state index contributed by atoms with van der Waals surface area (Å²) >= 11 is 0. The first kappa shape index (κ1) is 35.8. The Balaban J connectivity index is 1.50. The minimum absolute atomic E-state index is 0.0722. The quantitative estimate of drug-likeness (QED) is 0.101. The fourth-order valence-corrected chi connectivity index (χ4v) is 7.72. The van der Waals surface area contributed by atoms with Crippen molar-refractivity contribution in [2.24, 2.45) is 0 Å². The SMILES string of the molecule is COc1ccc(C(OC[C@H]2O[C@@H](n3ccc(=O)[nH]c3=O)[C@H](OCCSSC(C)(C)C)[C@@H]2O)(c2ccccc2)c2ccc(OC)cc2)cc1. The summed E-state index contributed by atoms with van der Waals surface area (Å²) in [5, 5.41) is 11.7. The van der Waals surface area contributed by atoms with Crippen LogP contribution in [0.15, 0.2) is 101 Å². The van der Waals surface area contributed by atoms with Crippen molar-refractivity contribution in [3.8, 4) is 11.5 Å². The number of methoxy groups -OCH3 is 2. The molecule has 0 bridgehead atoms. The lowest BCUT2D eigenvalue weighted by Gasteiger charge is -2.37. The second-order valence-electron chi connectivity index (χ2n) is 12.2. The molecule has 1 aromatic heterocycles. The van der Waals surface area contributed by atoms with Crippen molar-refractivity contribution in [3.05, 3.63) is 129 Å². The van der Waals surface area contributed by atoms with Crippen LogP contribution in [0.25, 0.3) is 0 Å². The van der Waals surface area contributed by atoms with Gasteiger partial charge in [0.2, 0.25) is 0 Å². The Kier molecular flexibility index (Phi) is 11.8. The molecule has 0 amide bonds. The maximum Gasteiger partial charge on any atom is 0.330 e. The van der Waals surface area contributed by atoms with Gasteiger partial charge in [-0.25, -0.2) is 4.79 Å². The number of benzene rings is 3. The number of aromatic nitrogens is 2. The van der Waals surface area contributed by atoms with Crippen LogP contribution in [0.2, 0.25) is 0 Å². The topological polar surface area (TPSA) is 121 Å². The molecular weight excluding hydrogens is 653 g/mol. The Labute approximate surface area is 288 Å². The summed E-state index contributed by atoms with van der Waals surface area (Å²) in [6.45, 7) is 6.65. The average molecular weight is 695 g/mol.